The van der Waals surface area contributed by atoms with Gasteiger partial charge in [-0.15, -0.1) is 5.06 Å². The minimum atomic E-state index is -0.432. The van der Waals surface area contributed by atoms with Crippen LogP contribution in [0.3, 0.4) is 0 Å². The van der Waals surface area contributed by atoms with Crippen molar-refractivity contribution in [3.63, 3.8) is 0 Å². The van der Waals surface area contributed by atoms with Gasteiger partial charge in [-0.05, 0) is 13.0 Å². The number of carbonyl (C=O) groups excluding carboxylic acids is 1. The fourth-order valence-electron chi connectivity index (χ4n) is 2.90. The van der Waals surface area contributed by atoms with Gasteiger partial charge in [0.1, 0.15) is 11.8 Å². The number of hydrogen-bond donors (Lipinski definition) is 1. The number of nitrogens with zero attached hydrogens (tertiary/aromatic N) is 2. The molecule has 1 aliphatic rings. The molecule has 8 heteroatoms. The molecular formula is C19H23N3O5. The largest absolute Gasteiger partial charge is 0.496 e. The van der Waals surface area contributed by atoms with Crippen molar-refractivity contribution in [2.24, 2.45) is 0 Å². The molecule has 0 aliphatic carbocycles. The maximum absolute atomic E-state index is 11.7. The number of benzene rings is 1. The SMILES string of the molecule is C=Cc1cc2c(ON3CN[C@H](C(=O)OC)C3)cc(OCC)nc2cc1OC. The van der Waals surface area contributed by atoms with Gasteiger partial charge in [-0.25, -0.2) is 4.98 Å². The Morgan fingerprint density at radius 1 is 1.37 bits per heavy atom. The first-order valence-electron chi connectivity index (χ1n) is 8.61. The number of methoxy groups -OCH3 is 2. The Labute approximate surface area is 157 Å². The number of rotatable bonds is 7. The zero-order chi connectivity index (χ0) is 19.4. The van der Waals surface area contributed by atoms with Crippen molar-refractivity contribution in [2.45, 2.75) is 13.0 Å². The number of esters is 1. The molecule has 144 valence electrons. The smallest absolute Gasteiger partial charge is 0.324 e. The highest BCUT2D eigenvalue weighted by atomic mass is 16.7. The second kappa shape index (κ2) is 8.24. The molecule has 1 saturated heterocycles. The zero-order valence-corrected chi connectivity index (χ0v) is 15.7. The Balaban J connectivity index is 1.97. The molecule has 0 saturated carbocycles. The number of carbonyl (C=O) groups is 1. The van der Waals surface area contributed by atoms with Gasteiger partial charge >= 0.3 is 5.97 Å². The Hall–Kier alpha value is -2.84. The fourth-order valence-corrected chi connectivity index (χ4v) is 2.90. The van der Waals surface area contributed by atoms with Crippen LogP contribution < -0.4 is 19.6 Å². The van der Waals surface area contributed by atoms with E-state index in [0.717, 1.165) is 10.9 Å². The summed E-state index contributed by atoms with van der Waals surface area (Å²) in [7, 11) is 2.96. The molecule has 0 amide bonds. The van der Waals surface area contributed by atoms with Crippen molar-refractivity contribution in [1.82, 2.24) is 15.4 Å². The quantitative estimate of drug-likeness (QED) is 0.738. The molecule has 8 nitrogen and oxygen atoms in total. The summed E-state index contributed by atoms with van der Waals surface area (Å²) < 4.78 is 15.7. The lowest BCUT2D eigenvalue weighted by atomic mass is 10.1. The van der Waals surface area contributed by atoms with Crippen LogP contribution in [0, 0.1) is 0 Å². The van der Waals surface area contributed by atoms with Gasteiger partial charge in [0.25, 0.3) is 0 Å². The normalized spacial score (nSPS) is 16.9. The summed E-state index contributed by atoms with van der Waals surface area (Å²) in [5, 5.41) is 5.49. The second-order valence-corrected chi connectivity index (χ2v) is 5.90. The van der Waals surface area contributed by atoms with Crippen LogP contribution in [0.5, 0.6) is 17.4 Å². The highest BCUT2D eigenvalue weighted by Gasteiger charge is 2.30. The van der Waals surface area contributed by atoms with E-state index < -0.39 is 6.04 Å². The van der Waals surface area contributed by atoms with Gasteiger partial charge in [-0.2, -0.15) is 0 Å². The maximum Gasteiger partial charge on any atom is 0.324 e. The minimum absolute atomic E-state index is 0.325. The number of aromatic nitrogens is 1. The summed E-state index contributed by atoms with van der Waals surface area (Å²) in [5.41, 5.74) is 1.50. The van der Waals surface area contributed by atoms with Gasteiger partial charge in [0.15, 0.2) is 5.75 Å². The Bertz CT molecular complexity index is 855. The van der Waals surface area contributed by atoms with Crippen LogP contribution in [-0.4, -0.2) is 56.1 Å². The highest BCUT2D eigenvalue weighted by Crippen LogP contribution is 2.34. The van der Waals surface area contributed by atoms with Gasteiger partial charge < -0.3 is 19.0 Å². The topological polar surface area (TPSA) is 82.2 Å². The predicted octanol–water partition coefficient (Wildman–Crippen LogP) is 1.98. The van der Waals surface area contributed by atoms with Crippen LogP contribution in [0.2, 0.25) is 0 Å². The Morgan fingerprint density at radius 3 is 2.85 bits per heavy atom. The predicted molar refractivity (Wildman–Crippen MR) is 101 cm³/mol. The van der Waals surface area contributed by atoms with Crippen LogP contribution in [-0.2, 0) is 9.53 Å². The first kappa shape index (κ1) is 18.9. The molecule has 0 spiro atoms. The summed E-state index contributed by atoms with van der Waals surface area (Å²) in [6.07, 6.45) is 1.71. The third kappa shape index (κ3) is 3.96. The number of pyridine rings is 1. The molecule has 0 bridgehead atoms. The number of ether oxygens (including phenoxy) is 3. The van der Waals surface area contributed by atoms with E-state index >= 15 is 0 Å². The average molecular weight is 373 g/mol. The van der Waals surface area contributed by atoms with E-state index in [0.29, 0.717) is 42.7 Å². The molecule has 27 heavy (non-hydrogen) atoms. The molecule has 1 fully saturated rings. The Kier molecular flexibility index (Phi) is 5.78. The van der Waals surface area contributed by atoms with E-state index in [1.807, 2.05) is 19.1 Å². The molecule has 1 aromatic heterocycles. The summed E-state index contributed by atoms with van der Waals surface area (Å²) in [6, 6.07) is 5.02. The third-order valence-corrected chi connectivity index (χ3v) is 4.22. The van der Waals surface area contributed by atoms with E-state index in [9.17, 15) is 4.79 Å². The van der Waals surface area contributed by atoms with E-state index in [1.165, 1.54) is 7.11 Å². The lowest BCUT2D eigenvalue weighted by Gasteiger charge is -2.18. The van der Waals surface area contributed by atoms with Crippen LogP contribution in [0.15, 0.2) is 24.8 Å². The molecular weight excluding hydrogens is 350 g/mol. The summed E-state index contributed by atoms with van der Waals surface area (Å²) in [5.74, 6) is 1.36. The van der Waals surface area contributed by atoms with Gasteiger partial charge in [0, 0.05) is 23.1 Å². The van der Waals surface area contributed by atoms with Crippen LogP contribution in [0.1, 0.15) is 12.5 Å². The number of hydrogen-bond acceptors (Lipinski definition) is 8. The van der Waals surface area contributed by atoms with Crippen molar-refractivity contribution >= 4 is 22.9 Å². The monoisotopic (exact) mass is 373 g/mol. The molecule has 2 aromatic rings. The molecule has 0 unspecified atom stereocenters. The first-order chi connectivity index (χ1) is 13.1. The molecule has 1 aliphatic heterocycles. The number of fused-ring (bicyclic) bond motifs is 1. The third-order valence-electron chi connectivity index (χ3n) is 4.22. The molecule has 0 radical (unpaired) electrons. The summed E-state index contributed by atoms with van der Waals surface area (Å²) in [6.45, 7) is 6.95. The molecule has 1 N–H and O–H groups in total. The fraction of sp³-hybridized carbons (Fsp3) is 0.368. The maximum atomic E-state index is 11.7. The van der Waals surface area contributed by atoms with Crippen LogP contribution >= 0.6 is 0 Å². The van der Waals surface area contributed by atoms with E-state index in [-0.39, 0.29) is 5.97 Å². The van der Waals surface area contributed by atoms with Gasteiger partial charge in [-0.1, -0.05) is 12.7 Å². The van der Waals surface area contributed by atoms with Crippen molar-refractivity contribution < 1.29 is 23.8 Å². The standard InChI is InChI=1S/C19H23N3O5/c1-5-12-7-13-14(8-16(12)24-3)21-18(26-6-2)9-17(13)27-22-10-15(20-11-22)19(23)25-4/h5,7-9,15,20H,1,6,10-11H2,2-4H3/t15-/m0/s1. The van der Waals surface area contributed by atoms with E-state index in [1.54, 1.807) is 24.3 Å². The van der Waals surface area contributed by atoms with Gasteiger partial charge in [0.05, 0.1) is 39.6 Å². The van der Waals surface area contributed by atoms with Crippen molar-refractivity contribution in [1.29, 1.82) is 0 Å². The number of nitrogens with one attached hydrogen (secondary N) is 1. The van der Waals surface area contributed by atoms with Gasteiger partial charge in [0.2, 0.25) is 5.88 Å². The molecule has 1 atom stereocenters. The van der Waals surface area contributed by atoms with Gasteiger partial charge in [-0.3, -0.25) is 10.1 Å². The van der Waals surface area contributed by atoms with Crippen molar-refractivity contribution in [2.75, 3.05) is 34.0 Å². The zero-order valence-electron chi connectivity index (χ0n) is 15.7. The lowest BCUT2D eigenvalue weighted by Crippen LogP contribution is -2.34. The highest BCUT2D eigenvalue weighted by molar-refractivity contribution is 5.89. The van der Waals surface area contributed by atoms with E-state index in [4.69, 9.17) is 19.0 Å². The Morgan fingerprint density at radius 2 is 2.19 bits per heavy atom. The minimum Gasteiger partial charge on any atom is -0.496 e. The molecule has 1 aromatic carbocycles. The summed E-state index contributed by atoms with van der Waals surface area (Å²) >= 11 is 0. The van der Waals surface area contributed by atoms with Crippen molar-refractivity contribution in [3.8, 4) is 17.4 Å². The molecule has 2 heterocycles. The van der Waals surface area contributed by atoms with Crippen molar-refractivity contribution in [3.05, 3.63) is 30.3 Å². The lowest BCUT2D eigenvalue weighted by molar-refractivity contribution is -0.143. The summed E-state index contributed by atoms with van der Waals surface area (Å²) in [4.78, 5) is 22.3. The van der Waals surface area contributed by atoms with Crippen LogP contribution in [0.4, 0.5) is 0 Å². The number of hydroxylamine groups is 2. The second-order valence-electron chi connectivity index (χ2n) is 5.90. The molecule has 3 rings (SSSR count). The first-order valence-corrected chi connectivity index (χ1v) is 8.61. The van der Waals surface area contributed by atoms with E-state index in [2.05, 4.69) is 16.9 Å². The van der Waals surface area contributed by atoms with Crippen LogP contribution in [0.25, 0.3) is 17.0 Å². The average Bonchev–Trinajstić information content (AvgIpc) is 3.15.